The van der Waals surface area contributed by atoms with Gasteiger partial charge < -0.3 is 4.74 Å². The predicted octanol–water partition coefficient (Wildman–Crippen LogP) is 4.72. The molecule has 2 heteroatoms. The van der Waals surface area contributed by atoms with Crippen LogP contribution in [0.4, 0.5) is 5.69 Å². The maximum Gasteiger partial charge on any atom is 0.197 e. The third-order valence-corrected chi connectivity index (χ3v) is 3.12. The number of ether oxygens (including phenoxy) is 1. The Bertz CT molecular complexity index is 554. The summed E-state index contributed by atoms with van der Waals surface area (Å²) in [5.74, 6) is 0.864. The molecule has 0 fully saturated rings. The number of fused-ring (bicyclic) bond motifs is 1. The van der Waals surface area contributed by atoms with E-state index in [1.165, 1.54) is 0 Å². The van der Waals surface area contributed by atoms with Crippen LogP contribution in [0.3, 0.4) is 0 Å². The zero-order valence-electron chi connectivity index (χ0n) is 11.7. The molecular formula is C16H19NO. The van der Waals surface area contributed by atoms with Crippen molar-refractivity contribution in [2.24, 2.45) is 0 Å². The molecule has 1 aromatic rings. The minimum Gasteiger partial charge on any atom is -0.484 e. The van der Waals surface area contributed by atoms with Crippen molar-refractivity contribution in [1.82, 2.24) is 0 Å². The predicted molar refractivity (Wildman–Crippen MR) is 75.1 cm³/mol. The van der Waals surface area contributed by atoms with E-state index in [9.17, 15) is 0 Å². The average Bonchev–Trinajstić information content (AvgIpc) is 2.24. The van der Waals surface area contributed by atoms with Crippen LogP contribution in [0.1, 0.15) is 45.7 Å². The molecule has 2 nitrogen and oxygen atoms in total. The number of nitrogens with zero attached hydrogens (tertiary/aromatic N) is 1. The summed E-state index contributed by atoms with van der Waals surface area (Å²) in [5, 5.41) is 0. The Kier molecular flexibility index (Phi) is 2.74. The Labute approximate surface area is 109 Å². The van der Waals surface area contributed by atoms with Crippen LogP contribution in [0.25, 0.3) is 10.9 Å². The minimum absolute atomic E-state index is 0.00585. The zero-order valence-corrected chi connectivity index (χ0v) is 11.7. The number of benzene rings is 1. The van der Waals surface area contributed by atoms with Crippen LogP contribution in [0, 0.1) is 6.57 Å². The lowest BCUT2D eigenvalue weighted by molar-refractivity contribution is 0.155. The Balaban J connectivity index is 2.71. The van der Waals surface area contributed by atoms with Gasteiger partial charge in [0.2, 0.25) is 0 Å². The third-order valence-electron chi connectivity index (χ3n) is 3.12. The molecule has 0 unspecified atom stereocenters. The van der Waals surface area contributed by atoms with Gasteiger partial charge in [0.15, 0.2) is 5.69 Å². The molecule has 1 heterocycles. The lowest BCUT2D eigenvalue weighted by Gasteiger charge is -2.33. The maximum absolute atomic E-state index is 7.24. The fourth-order valence-corrected chi connectivity index (χ4v) is 2.13. The van der Waals surface area contributed by atoms with E-state index in [0.29, 0.717) is 5.69 Å². The Morgan fingerprint density at radius 1 is 1.22 bits per heavy atom. The average molecular weight is 241 g/mol. The monoisotopic (exact) mass is 241 g/mol. The smallest absolute Gasteiger partial charge is 0.197 e. The molecule has 0 saturated carbocycles. The molecule has 0 aromatic heterocycles. The van der Waals surface area contributed by atoms with Gasteiger partial charge in [-0.2, -0.15) is 0 Å². The Morgan fingerprint density at radius 3 is 2.44 bits per heavy atom. The van der Waals surface area contributed by atoms with Crippen LogP contribution in [0.15, 0.2) is 18.2 Å². The second kappa shape index (κ2) is 3.88. The molecule has 0 aliphatic carbocycles. The van der Waals surface area contributed by atoms with E-state index < -0.39 is 0 Å². The number of hydrogen-bond donors (Lipinski definition) is 0. The van der Waals surface area contributed by atoms with Gasteiger partial charge in [-0.25, -0.2) is 4.85 Å². The standard InChI is InChI=1S/C16H19NO/c1-15(2,3)12-7-8-13(17-6)11-9-10-16(4,5)18-14(11)12/h7-10H,1-5H3. The number of hydrogen-bond acceptors (Lipinski definition) is 1. The van der Waals surface area contributed by atoms with Crippen molar-refractivity contribution >= 4 is 11.8 Å². The van der Waals surface area contributed by atoms with Crippen LogP contribution in [0.2, 0.25) is 0 Å². The highest BCUT2D eigenvalue weighted by atomic mass is 16.5. The summed E-state index contributed by atoms with van der Waals surface area (Å²) in [6, 6.07) is 3.90. The summed E-state index contributed by atoms with van der Waals surface area (Å²) < 4.78 is 6.09. The van der Waals surface area contributed by atoms with Gasteiger partial charge in [0, 0.05) is 5.56 Å². The van der Waals surface area contributed by atoms with E-state index in [0.717, 1.165) is 16.9 Å². The molecule has 0 N–H and O–H groups in total. The molecule has 0 saturated heterocycles. The van der Waals surface area contributed by atoms with E-state index in [4.69, 9.17) is 11.3 Å². The molecule has 1 aromatic carbocycles. The molecule has 2 rings (SSSR count). The van der Waals surface area contributed by atoms with Crippen LogP contribution >= 0.6 is 0 Å². The molecular weight excluding hydrogens is 222 g/mol. The molecule has 1 aliphatic rings. The summed E-state index contributed by atoms with van der Waals surface area (Å²) in [5.41, 5.74) is 2.42. The minimum atomic E-state index is -0.312. The van der Waals surface area contributed by atoms with Crippen LogP contribution in [-0.2, 0) is 5.41 Å². The third kappa shape index (κ3) is 2.13. The van der Waals surface area contributed by atoms with Gasteiger partial charge in [0.25, 0.3) is 0 Å². The van der Waals surface area contributed by atoms with Gasteiger partial charge >= 0.3 is 0 Å². The van der Waals surface area contributed by atoms with Crippen molar-refractivity contribution in [2.75, 3.05) is 0 Å². The van der Waals surface area contributed by atoms with Gasteiger partial charge in [0.1, 0.15) is 11.4 Å². The van der Waals surface area contributed by atoms with Gasteiger partial charge in [-0.3, -0.25) is 0 Å². The molecule has 0 radical (unpaired) electrons. The second-order valence-electron chi connectivity index (χ2n) is 6.28. The largest absolute Gasteiger partial charge is 0.484 e. The molecule has 18 heavy (non-hydrogen) atoms. The highest BCUT2D eigenvalue weighted by Crippen LogP contribution is 2.43. The highest BCUT2D eigenvalue weighted by molar-refractivity contribution is 5.76. The quantitative estimate of drug-likeness (QED) is 0.599. The highest BCUT2D eigenvalue weighted by Gasteiger charge is 2.29. The first-order valence-corrected chi connectivity index (χ1v) is 6.18. The van der Waals surface area contributed by atoms with Crippen LogP contribution in [0.5, 0.6) is 5.75 Å². The van der Waals surface area contributed by atoms with Gasteiger partial charge in [-0.1, -0.05) is 39.0 Å². The van der Waals surface area contributed by atoms with Crippen molar-refractivity contribution in [1.29, 1.82) is 0 Å². The van der Waals surface area contributed by atoms with Crippen molar-refractivity contribution in [2.45, 2.75) is 45.6 Å². The lowest BCUT2D eigenvalue weighted by Crippen LogP contribution is -2.29. The van der Waals surface area contributed by atoms with Crippen LogP contribution < -0.4 is 4.74 Å². The van der Waals surface area contributed by atoms with E-state index in [2.05, 4.69) is 25.6 Å². The molecule has 1 aliphatic heterocycles. The molecule has 0 atom stereocenters. The van der Waals surface area contributed by atoms with Gasteiger partial charge in [-0.15, -0.1) is 0 Å². The SMILES string of the molecule is [C-]#[N+]c1ccc(C(C)(C)C)c2c1C=CC(C)(C)O2. The van der Waals surface area contributed by atoms with Gasteiger partial charge in [-0.05, 0) is 30.9 Å². The fraction of sp³-hybridized carbons (Fsp3) is 0.438. The van der Waals surface area contributed by atoms with Gasteiger partial charge in [0.05, 0.1) is 6.57 Å². The molecule has 0 spiro atoms. The normalized spacial score (nSPS) is 16.7. The molecule has 0 bridgehead atoms. The van der Waals surface area contributed by atoms with E-state index >= 15 is 0 Å². The zero-order chi connectivity index (χ0) is 13.6. The summed E-state index contributed by atoms with van der Waals surface area (Å²) in [6.07, 6.45) is 4.03. The summed E-state index contributed by atoms with van der Waals surface area (Å²) >= 11 is 0. The van der Waals surface area contributed by atoms with E-state index in [-0.39, 0.29) is 11.0 Å². The Hall–Kier alpha value is -1.75. The molecule has 94 valence electrons. The summed E-state index contributed by atoms with van der Waals surface area (Å²) in [7, 11) is 0. The second-order valence-corrected chi connectivity index (χ2v) is 6.28. The summed E-state index contributed by atoms with van der Waals surface area (Å²) in [6.45, 7) is 17.8. The first-order valence-electron chi connectivity index (χ1n) is 6.18. The lowest BCUT2D eigenvalue weighted by atomic mass is 9.83. The van der Waals surface area contributed by atoms with Crippen molar-refractivity contribution in [3.8, 4) is 5.75 Å². The van der Waals surface area contributed by atoms with E-state index in [1.54, 1.807) is 0 Å². The molecule has 0 amide bonds. The van der Waals surface area contributed by atoms with Crippen LogP contribution in [-0.4, -0.2) is 5.60 Å². The van der Waals surface area contributed by atoms with Crippen molar-refractivity contribution in [3.05, 3.63) is 40.8 Å². The number of rotatable bonds is 0. The first kappa shape index (κ1) is 12.7. The van der Waals surface area contributed by atoms with Crippen molar-refractivity contribution < 1.29 is 4.74 Å². The van der Waals surface area contributed by atoms with E-state index in [1.807, 2.05) is 38.1 Å². The Morgan fingerprint density at radius 2 is 1.89 bits per heavy atom. The maximum atomic E-state index is 7.24. The fourth-order valence-electron chi connectivity index (χ4n) is 2.13. The first-order chi connectivity index (χ1) is 8.24. The van der Waals surface area contributed by atoms with Crippen molar-refractivity contribution in [3.63, 3.8) is 0 Å². The summed E-state index contributed by atoms with van der Waals surface area (Å²) in [4.78, 5) is 3.57. The topological polar surface area (TPSA) is 13.6 Å².